The Morgan fingerprint density at radius 1 is 0.978 bits per heavy atom. The molecule has 1 saturated heterocycles. The Labute approximate surface area is 268 Å². The van der Waals surface area contributed by atoms with Crippen molar-refractivity contribution in [2.45, 2.75) is 51.4 Å². The summed E-state index contributed by atoms with van der Waals surface area (Å²) in [5.41, 5.74) is 6.53. The van der Waals surface area contributed by atoms with E-state index in [2.05, 4.69) is 57.9 Å². The molecule has 1 aliphatic heterocycles. The van der Waals surface area contributed by atoms with Crippen molar-refractivity contribution in [1.29, 1.82) is 0 Å². The summed E-state index contributed by atoms with van der Waals surface area (Å²) in [7, 11) is 3.62. The van der Waals surface area contributed by atoms with E-state index < -0.39 is 6.09 Å². The summed E-state index contributed by atoms with van der Waals surface area (Å²) in [6.07, 6.45) is 4.33. The van der Waals surface area contributed by atoms with E-state index in [1.54, 1.807) is 7.11 Å². The van der Waals surface area contributed by atoms with Gasteiger partial charge in [-0.2, -0.15) is 0 Å². The van der Waals surface area contributed by atoms with Crippen molar-refractivity contribution in [3.63, 3.8) is 0 Å². The van der Waals surface area contributed by atoms with Crippen LogP contribution in [0.3, 0.4) is 0 Å². The van der Waals surface area contributed by atoms with Gasteiger partial charge < -0.3 is 28.8 Å². The van der Waals surface area contributed by atoms with Crippen LogP contribution >= 0.6 is 0 Å². The van der Waals surface area contributed by atoms with Crippen LogP contribution in [-0.4, -0.2) is 56.8 Å². The number of hydrogen-bond donors (Lipinski definition) is 1. The Morgan fingerprint density at radius 2 is 1.72 bits per heavy atom. The number of ether oxygens (including phenoxy) is 2. The molecule has 236 valence electrons. The van der Waals surface area contributed by atoms with Gasteiger partial charge >= 0.3 is 6.09 Å². The van der Waals surface area contributed by atoms with Crippen LogP contribution in [0.1, 0.15) is 46.9 Å². The number of amides is 2. The van der Waals surface area contributed by atoms with E-state index >= 15 is 0 Å². The number of nitrogens with zero attached hydrogens (tertiary/aromatic N) is 4. The third-order valence-electron chi connectivity index (χ3n) is 9.60. The van der Waals surface area contributed by atoms with Crippen LogP contribution in [0, 0.1) is 5.92 Å². The van der Waals surface area contributed by atoms with E-state index in [1.165, 1.54) is 11.3 Å². The van der Waals surface area contributed by atoms with E-state index in [4.69, 9.17) is 14.5 Å². The highest BCUT2D eigenvalue weighted by atomic mass is 16.5. The number of rotatable bonds is 9. The molecule has 2 amide bonds. The minimum Gasteiger partial charge on any atom is -0.494 e. The third-order valence-corrected chi connectivity index (χ3v) is 9.60. The van der Waals surface area contributed by atoms with E-state index in [-0.39, 0.29) is 30.5 Å². The van der Waals surface area contributed by atoms with Crippen LogP contribution in [0.25, 0.3) is 22.4 Å². The van der Waals surface area contributed by atoms with Crippen LogP contribution in [0.4, 0.5) is 4.79 Å². The average Bonchev–Trinajstić information content (AvgIpc) is 3.85. The van der Waals surface area contributed by atoms with Crippen molar-refractivity contribution >= 4 is 23.0 Å². The molecule has 3 aromatic carbocycles. The number of imidazole rings is 1. The Kier molecular flexibility index (Phi) is 7.98. The summed E-state index contributed by atoms with van der Waals surface area (Å²) < 4.78 is 15.7. The van der Waals surface area contributed by atoms with E-state index in [1.807, 2.05) is 60.5 Å². The molecule has 46 heavy (non-hydrogen) atoms. The molecule has 0 unspecified atom stereocenters. The zero-order valence-corrected chi connectivity index (χ0v) is 26.5. The van der Waals surface area contributed by atoms with E-state index in [9.17, 15) is 9.59 Å². The molecule has 3 heterocycles. The fourth-order valence-electron chi connectivity index (χ4n) is 7.38. The first-order valence-electron chi connectivity index (χ1n) is 16.0. The van der Waals surface area contributed by atoms with Gasteiger partial charge in [0.25, 0.3) is 5.91 Å². The van der Waals surface area contributed by atoms with Crippen molar-refractivity contribution in [2.75, 3.05) is 13.7 Å². The molecule has 3 atom stereocenters. The molecule has 2 bridgehead atoms. The Balaban J connectivity index is 1.12. The van der Waals surface area contributed by atoms with Crippen molar-refractivity contribution in [1.82, 2.24) is 24.3 Å². The highest BCUT2D eigenvalue weighted by Crippen LogP contribution is 2.40. The van der Waals surface area contributed by atoms with Crippen LogP contribution in [0.15, 0.2) is 85.1 Å². The first-order chi connectivity index (χ1) is 22.4. The van der Waals surface area contributed by atoms with Crippen LogP contribution in [0.5, 0.6) is 5.75 Å². The molecule has 1 aliphatic carbocycles. The Morgan fingerprint density at radius 3 is 2.43 bits per heavy atom. The van der Waals surface area contributed by atoms with Crippen molar-refractivity contribution < 1.29 is 19.1 Å². The molecule has 0 spiro atoms. The predicted octanol–water partition coefficient (Wildman–Crippen LogP) is 6.19. The molecular formula is C37H39N5O4. The summed E-state index contributed by atoms with van der Waals surface area (Å²) in [6.45, 7) is 3.75. The lowest BCUT2D eigenvalue weighted by atomic mass is 10.1. The van der Waals surface area contributed by atoms with Gasteiger partial charge in [-0.1, -0.05) is 67.6 Å². The monoisotopic (exact) mass is 617 g/mol. The second-order valence-corrected chi connectivity index (χ2v) is 12.3. The maximum atomic E-state index is 14.0. The normalized spacial score (nSPS) is 18.7. The standard InChI is InChI=1S/C37H39N5O4/c1-4-30-28(17-18-41(30)21-24-11-7-5-8-12-24)35-38-29-19-27(20-32(45-3)34(29)40(35)2)36(43)42-22-26-15-16-31(42)33(26)39-37(44)46-23-25-13-9-6-10-14-25/h5-14,17-20,26,31,33H,4,15-16,21-23H2,1-3H3,(H,39,44)/t26-,31-,33-/m1/s1. The van der Waals surface area contributed by atoms with Crippen molar-refractivity contribution in [3.8, 4) is 17.1 Å². The number of piperidine rings is 1. The molecule has 9 heteroatoms. The summed E-state index contributed by atoms with van der Waals surface area (Å²) in [5.74, 6) is 1.55. The van der Waals surface area contributed by atoms with Crippen molar-refractivity contribution in [3.05, 3.63) is 107 Å². The van der Waals surface area contributed by atoms with Gasteiger partial charge in [-0.15, -0.1) is 0 Å². The fraction of sp³-hybridized carbons (Fsp3) is 0.324. The lowest BCUT2D eigenvalue weighted by Gasteiger charge is -2.27. The topological polar surface area (TPSA) is 90.6 Å². The van der Waals surface area contributed by atoms with Gasteiger partial charge in [-0.25, -0.2) is 9.78 Å². The fourth-order valence-corrected chi connectivity index (χ4v) is 7.38. The Hall–Kier alpha value is -5.05. The van der Waals surface area contributed by atoms with Gasteiger partial charge in [0.05, 0.1) is 24.7 Å². The SMILES string of the molecule is CCc1c(-c2nc3cc(C(=O)N4C[C@H]5CC[C@@H]4[C@@H]5NC(=O)OCc4ccccc4)cc(OC)c3n2C)ccn1Cc1ccccc1. The summed E-state index contributed by atoms with van der Waals surface area (Å²) in [6, 6.07) is 25.7. The molecule has 5 aromatic rings. The second-order valence-electron chi connectivity index (χ2n) is 12.3. The largest absolute Gasteiger partial charge is 0.494 e. The summed E-state index contributed by atoms with van der Waals surface area (Å²) in [5, 5.41) is 3.06. The number of fused-ring (bicyclic) bond motifs is 3. The molecule has 7 rings (SSSR count). The highest BCUT2D eigenvalue weighted by molar-refractivity contribution is 6.00. The van der Waals surface area contributed by atoms with Gasteiger partial charge in [0.2, 0.25) is 0 Å². The maximum absolute atomic E-state index is 14.0. The summed E-state index contributed by atoms with van der Waals surface area (Å²) in [4.78, 5) is 33.7. The molecule has 0 radical (unpaired) electrons. The van der Waals surface area contributed by atoms with Gasteiger partial charge in [-0.3, -0.25) is 4.79 Å². The van der Waals surface area contributed by atoms with E-state index in [0.717, 1.165) is 48.3 Å². The molecule has 2 aliphatic rings. The highest BCUT2D eigenvalue weighted by Gasteiger charge is 2.49. The number of aromatic nitrogens is 3. The van der Waals surface area contributed by atoms with Gasteiger partial charge in [0, 0.05) is 43.2 Å². The zero-order valence-electron chi connectivity index (χ0n) is 26.5. The molecule has 2 aromatic heterocycles. The van der Waals surface area contributed by atoms with Crippen LogP contribution in [0.2, 0.25) is 0 Å². The molecular weight excluding hydrogens is 578 g/mol. The first kappa shape index (κ1) is 29.6. The summed E-state index contributed by atoms with van der Waals surface area (Å²) >= 11 is 0. The minimum absolute atomic E-state index is 0.0766. The molecule has 2 fully saturated rings. The Bertz CT molecular complexity index is 1880. The van der Waals surface area contributed by atoms with E-state index in [0.29, 0.717) is 23.4 Å². The number of hydrogen-bond acceptors (Lipinski definition) is 5. The number of carbonyl (C=O) groups is 2. The molecule has 1 N–H and O–H groups in total. The van der Waals surface area contributed by atoms with Gasteiger partial charge in [0.15, 0.2) is 0 Å². The number of likely N-dealkylation sites (tertiary alicyclic amines) is 1. The lowest BCUT2D eigenvalue weighted by molar-refractivity contribution is 0.0695. The smallest absolute Gasteiger partial charge is 0.407 e. The average molecular weight is 618 g/mol. The third kappa shape index (κ3) is 5.40. The second kappa shape index (κ2) is 12.4. The number of benzene rings is 3. The zero-order chi connectivity index (χ0) is 31.8. The quantitative estimate of drug-likeness (QED) is 0.213. The molecule has 1 saturated carbocycles. The first-order valence-corrected chi connectivity index (χ1v) is 16.0. The molecule has 9 nitrogen and oxygen atoms in total. The lowest BCUT2D eigenvalue weighted by Crippen LogP contribution is -2.45. The number of alkyl carbamates (subject to hydrolysis) is 1. The van der Waals surface area contributed by atoms with Crippen LogP contribution in [-0.2, 0) is 31.4 Å². The van der Waals surface area contributed by atoms with Gasteiger partial charge in [0.1, 0.15) is 23.7 Å². The van der Waals surface area contributed by atoms with Gasteiger partial charge in [-0.05, 0) is 54.5 Å². The maximum Gasteiger partial charge on any atom is 0.407 e. The number of nitrogens with one attached hydrogen (secondary N) is 1. The number of methoxy groups -OCH3 is 1. The van der Waals surface area contributed by atoms with Crippen molar-refractivity contribution in [2.24, 2.45) is 13.0 Å². The minimum atomic E-state index is -0.451. The van der Waals surface area contributed by atoms with Crippen LogP contribution < -0.4 is 10.1 Å². The predicted molar refractivity (Wildman–Crippen MR) is 177 cm³/mol. The number of aryl methyl sites for hydroxylation is 1. The number of carbonyl (C=O) groups excluding carboxylic acids is 2.